The monoisotopic (exact) mass is 590 g/mol. The van der Waals surface area contributed by atoms with Crippen molar-refractivity contribution in [1.29, 1.82) is 5.41 Å². The molecule has 7 heteroatoms. The molecule has 2 heterocycles. The summed E-state index contributed by atoms with van der Waals surface area (Å²) in [6, 6.07) is 0.121. The number of piperidine rings is 1. The van der Waals surface area contributed by atoms with Crippen LogP contribution in [0.4, 0.5) is 0 Å². The first-order chi connectivity index (χ1) is 19.9. The van der Waals surface area contributed by atoms with Crippen LogP contribution < -0.4 is 11.1 Å². The van der Waals surface area contributed by atoms with E-state index in [1.807, 2.05) is 20.0 Å². The van der Waals surface area contributed by atoms with E-state index in [1.165, 1.54) is 37.7 Å². The molecule has 1 saturated heterocycles. The summed E-state index contributed by atoms with van der Waals surface area (Å²) in [7, 11) is 0. The second-order valence-electron chi connectivity index (χ2n) is 12.6. The van der Waals surface area contributed by atoms with Gasteiger partial charge in [0.25, 0.3) is 0 Å². The molecule has 0 aliphatic carbocycles. The van der Waals surface area contributed by atoms with Gasteiger partial charge in [0, 0.05) is 50.0 Å². The van der Waals surface area contributed by atoms with Crippen molar-refractivity contribution in [2.45, 2.75) is 139 Å². The first-order valence-electron chi connectivity index (χ1n) is 16.8. The van der Waals surface area contributed by atoms with Crippen molar-refractivity contribution in [2.24, 2.45) is 29.4 Å². The van der Waals surface area contributed by atoms with Gasteiger partial charge in [0.2, 0.25) is 5.91 Å². The quantitative estimate of drug-likeness (QED) is 0.114. The molecule has 0 spiro atoms. The summed E-state index contributed by atoms with van der Waals surface area (Å²) in [5.41, 5.74) is 10.1. The molecule has 0 bridgehead atoms. The van der Waals surface area contributed by atoms with E-state index in [0.29, 0.717) is 18.1 Å². The van der Waals surface area contributed by atoms with Crippen LogP contribution in [0.3, 0.4) is 0 Å². The number of hydrogen-bond acceptors (Lipinski definition) is 5. The molecule has 1 aromatic heterocycles. The molecular weight excluding hydrogens is 522 g/mol. The predicted octanol–water partition coefficient (Wildman–Crippen LogP) is 8.70. The molecule has 2 rings (SSSR count). The highest BCUT2D eigenvalue weighted by atomic mass is 16.5. The second kappa shape index (κ2) is 23.5. The molecule has 5 N–H and O–H groups in total. The van der Waals surface area contributed by atoms with E-state index in [1.54, 1.807) is 0 Å². The Hall–Kier alpha value is -1.99. The molecule has 5 unspecified atom stereocenters. The van der Waals surface area contributed by atoms with E-state index < -0.39 is 0 Å². The zero-order chi connectivity index (χ0) is 32.1. The Morgan fingerprint density at radius 2 is 1.74 bits per heavy atom. The molecule has 1 aromatic rings. The van der Waals surface area contributed by atoms with Gasteiger partial charge in [-0.05, 0) is 76.2 Å². The summed E-state index contributed by atoms with van der Waals surface area (Å²) in [5.74, 6) is 3.24. The molecule has 0 aromatic carbocycles. The summed E-state index contributed by atoms with van der Waals surface area (Å²) in [6.07, 6.45) is 12.7. The van der Waals surface area contributed by atoms with E-state index in [0.717, 1.165) is 74.4 Å². The number of imidazole rings is 1. The minimum atomic E-state index is -0.00847. The summed E-state index contributed by atoms with van der Waals surface area (Å²) < 4.78 is 5.36. The van der Waals surface area contributed by atoms with Gasteiger partial charge < -0.3 is 26.2 Å². The first kappa shape index (κ1) is 40.0. The number of nitrogens with two attached hydrogens (primary N) is 1. The Labute approximate surface area is 259 Å². The predicted molar refractivity (Wildman–Crippen MR) is 180 cm³/mol. The Bertz CT molecular complexity index is 894. The molecule has 1 aliphatic heterocycles. The lowest BCUT2D eigenvalue weighted by Crippen LogP contribution is -2.41. The summed E-state index contributed by atoms with van der Waals surface area (Å²) in [4.78, 5) is 19.1. The SMILES string of the molecule is CCC(C)=C(C)C(=N)CC1CC(C)CNC1=O.CCC(C)CCCC(N)c1cnc(C)[nH]1.CCCOCCC(C)CC. The lowest BCUT2D eigenvalue weighted by molar-refractivity contribution is -0.127. The van der Waals surface area contributed by atoms with Crippen LogP contribution in [-0.2, 0) is 9.53 Å². The van der Waals surface area contributed by atoms with Crippen molar-refractivity contribution in [1.82, 2.24) is 15.3 Å². The van der Waals surface area contributed by atoms with Crippen LogP contribution in [0.1, 0.15) is 144 Å². The van der Waals surface area contributed by atoms with Crippen LogP contribution in [0.25, 0.3) is 0 Å². The lowest BCUT2D eigenvalue weighted by Gasteiger charge is -2.27. The standard InChI is InChI=1S/C14H24N2O.C12H23N3.C9H20O/c1-5-10(3)11(4)13(15)7-12-6-9(2)8-16-14(12)17;1-4-9(2)6-5-7-11(13)12-8-14-10(3)15-12;1-4-7-10-8-6-9(3)5-2/h9,12,15H,5-8H2,1-4H3,(H,16,17);8-9,11H,4-7,13H2,1-3H3,(H,14,15);9H,4-8H2,1-3H3. The van der Waals surface area contributed by atoms with Crippen molar-refractivity contribution in [3.63, 3.8) is 0 Å². The maximum Gasteiger partial charge on any atom is 0.223 e. The van der Waals surface area contributed by atoms with Gasteiger partial charge in [0.1, 0.15) is 5.82 Å². The van der Waals surface area contributed by atoms with Crippen LogP contribution in [-0.4, -0.2) is 41.3 Å². The average Bonchev–Trinajstić information content (AvgIpc) is 3.42. The Morgan fingerprint density at radius 3 is 2.29 bits per heavy atom. The van der Waals surface area contributed by atoms with Gasteiger partial charge in [0.15, 0.2) is 0 Å². The molecule has 1 aliphatic rings. The zero-order valence-corrected chi connectivity index (χ0v) is 29.0. The molecule has 0 saturated carbocycles. The highest BCUT2D eigenvalue weighted by molar-refractivity contribution is 6.00. The van der Waals surface area contributed by atoms with E-state index in [-0.39, 0.29) is 17.9 Å². The van der Waals surface area contributed by atoms with Crippen molar-refractivity contribution in [3.05, 3.63) is 28.9 Å². The Morgan fingerprint density at radius 1 is 1.10 bits per heavy atom. The number of amides is 1. The molecule has 1 fully saturated rings. The topological polar surface area (TPSA) is 117 Å². The van der Waals surface area contributed by atoms with Crippen LogP contribution >= 0.6 is 0 Å². The first-order valence-corrected chi connectivity index (χ1v) is 16.8. The van der Waals surface area contributed by atoms with E-state index >= 15 is 0 Å². The number of nitrogens with one attached hydrogen (secondary N) is 3. The average molecular weight is 590 g/mol. The summed E-state index contributed by atoms with van der Waals surface area (Å²) in [6.45, 7) is 24.1. The number of allylic oxidation sites excluding steroid dienone is 2. The number of hydrogen-bond donors (Lipinski definition) is 4. The summed E-state index contributed by atoms with van der Waals surface area (Å²) in [5, 5.41) is 11.0. The van der Waals surface area contributed by atoms with Crippen molar-refractivity contribution < 1.29 is 9.53 Å². The minimum Gasteiger partial charge on any atom is -0.381 e. The van der Waals surface area contributed by atoms with Gasteiger partial charge in [0.05, 0.1) is 5.69 Å². The van der Waals surface area contributed by atoms with E-state index in [2.05, 4.69) is 70.7 Å². The maximum absolute atomic E-state index is 11.7. The zero-order valence-electron chi connectivity index (χ0n) is 29.0. The number of aromatic amines is 1. The van der Waals surface area contributed by atoms with Gasteiger partial charge in [-0.15, -0.1) is 0 Å². The number of ether oxygens (including phenoxy) is 1. The smallest absolute Gasteiger partial charge is 0.223 e. The third kappa shape index (κ3) is 17.8. The fourth-order valence-corrected chi connectivity index (χ4v) is 4.60. The number of rotatable bonds is 16. The second-order valence-corrected chi connectivity index (χ2v) is 12.6. The molecular formula is C35H67N5O2. The normalized spacial score (nSPS) is 19.3. The lowest BCUT2D eigenvalue weighted by atomic mass is 9.85. The molecule has 1 amide bonds. The van der Waals surface area contributed by atoms with Gasteiger partial charge in [-0.3, -0.25) is 4.79 Å². The number of H-pyrrole nitrogens is 1. The molecule has 5 atom stereocenters. The summed E-state index contributed by atoms with van der Waals surface area (Å²) >= 11 is 0. The largest absolute Gasteiger partial charge is 0.381 e. The van der Waals surface area contributed by atoms with Crippen LogP contribution in [0.5, 0.6) is 0 Å². The minimum absolute atomic E-state index is 0.00847. The van der Waals surface area contributed by atoms with Crippen LogP contribution in [0, 0.1) is 36.0 Å². The highest BCUT2D eigenvalue weighted by Gasteiger charge is 2.27. The maximum atomic E-state index is 11.7. The highest BCUT2D eigenvalue weighted by Crippen LogP contribution is 2.23. The molecule has 42 heavy (non-hydrogen) atoms. The van der Waals surface area contributed by atoms with Crippen molar-refractivity contribution >= 4 is 11.6 Å². The number of carbonyl (C=O) groups excluding carboxylic acids is 1. The molecule has 244 valence electrons. The number of aromatic nitrogens is 2. The number of aryl methyl sites for hydroxylation is 1. The van der Waals surface area contributed by atoms with E-state index in [4.69, 9.17) is 15.9 Å². The third-order valence-corrected chi connectivity index (χ3v) is 8.59. The third-order valence-electron chi connectivity index (χ3n) is 8.59. The van der Waals surface area contributed by atoms with Gasteiger partial charge >= 0.3 is 0 Å². The Balaban J connectivity index is 0.000000622. The Kier molecular flexibility index (Phi) is 22.4. The van der Waals surface area contributed by atoms with Gasteiger partial charge in [-0.25, -0.2) is 4.98 Å². The molecule has 0 radical (unpaired) electrons. The number of nitrogens with zero attached hydrogens (tertiary/aromatic N) is 1. The van der Waals surface area contributed by atoms with E-state index in [9.17, 15) is 4.79 Å². The van der Waals surface area contributed by atoms with Crippen LogP contribution in [0.2, 0.25) is 0 Å². The fraction of sp³-hybridized carbons (Fsp3) is 0.800. The molecule has 7 nitrogen and oxygen atoms in total. The fourth-order valence-electron chi connectivity index (χ4n) is 4.60. The van der Waals surface area contributed by atoms with Crippen LogP contribution in [0.15, 0.2) is 17.3 Å². The van der Waals surface area contributed by atoms with Crippen molar-refractivity contribution in [2.75, 3.05) is 19.8 Å². The number of carbonyl (C=O) groups is 1. The van der Waals surface area contributed by atoms with Crippen molar-refractivity contribution in [3.8, 4) is 0 Å². The van der Waals surface area contributed by atoms with Gasteiger partial charge in [-0.1, -0.05) is 79.7 Å². The van der Waals surface area contributed by atoms with Gasteiger partial charge in [-0.2, -0.15) is 0 Å².